The van der Waals surface area contributed by atoms with Crippen LogP contribution in [-0.4, -0.2) is 55.8 Å². The molecule has 1 fully saturated rings. The van der Waals surface area contributed by atoms with Crippen molar-refractivity contribution in [2.45, 2.75) is 30.2 Å². The first kappa shape index (κ1) is 24.9. The number of carbonyl (C=O) groups excluding carboxylic acids is 2. The van der Waals surface area contributed by atoms with E-state index in [-0.39, 0.29) is 50.5 Å². The molecule has 11 nitrogen and oxygen atoms in total. The summed E-state index contributed by atoms with van der Waals surface area (Å²) in [4.78, 5) is 26.8. The maximum atomic E-state index is 14.0. The number of rotatable bonds is 8. The summed E-state index contributed by atoms with van der Waals surface area (Å²) in [7, 11) is -0.397. The number of ketones is 1. The Hall–Kier alpha value is -3.77. The van der Waals surface area contributed by atoms with Crippen molar-refractivity contribution in [3.8, 4) is 5.88 Å². The minimum atomic E-state index is -3.66. The molecule has 1 aliphatic carbocycles. The molecule has 0 aliphatic heterocycles. The van der Waals surface area contributed by atoms with E-state index in [2.05, 4.69) is 15.3 Å². The van der Waals surface area contributed by atoms with Crippen molar-refractivity contribution in [2.24, 2.45) is 14.1 Å². The van der Waals surface area contributed by atoms with Gasteiger partial charge in [0.1, 0.15) is 5.56 Å². The second-order valence-corrected chi connectivity index (χ2v) is 11.3. The van der Waals surface area contributed by atoms with Crippen LogP contribution in [0.2, 0.25) is 5.02 Å². The van der Waals surface area contributed by atoms with Gasteiger partial charge in [-0.05, 0) is 31.0 Å². The number of benzene rings is 1. The Labute approximate surface area is 217 Å². The number of hydrogen-bond donors (Lipinski definition) is 0. The molecular weight excluding hydrogens is 520 g/mol. The lowest BCUT2D eigenvalue weighted by molar-refractivity contribution is 0.0718. The summed E-state index contributed by atoms with van der Waals surface area (Å²) in [6, 6.07) is 4.44. The van der Waals surface area contributed by atoms with Crippen LogP contribution in [0.3, 0.4) is 0 Å². The highest BCUT2D eigenvalue weighted by molar-refractivity contribution is 7.90. The number of hydrogen-bond acceptors (Lipinski definition) is 8. The number of aryl methyl sites for hydroxylation is 2. The summed E-state index contributed by atoms with van der Waals surface area (Å²) in [5.74, 6) is -1.17. The van der Waals surface area contributed by atoms with E-state index in [1.807, 2.05) is 0 Å². The third-order valence-corrected chi connectivity index (χ3v) is 7.68. The number of esters is 1. The van der Waals surface area contributed by atoms with Gasteiger partial charge in [0.05, 0.1) is 33.9 Å². The largest absolute Gasteiger partial charge is 0.403 e. The topological polar surface area (TPSA) is 131 Å². The van der Waals surface area contributed by atoms with Crippen molar-refractivity contribution in [3.63, 3.8) is 0 Å². The van der Waals surface area contributed by atoms with Crippen LogP contribution in [0.5, 0.6) is 5.88 Å². The van der Waals surface area contributed by atoms with Gasteiger partial charge in [-0.1, -0.05) is 11.6 Å². The zero-order valence-corrected chi connectivity index (χ0v) is 21.8. The lowest BCUT2D eigenvalue weighted by atomic mass is 9.99. The average molecular weight is 543 g/mol. The molecule has 13 heteroatoms. The number of nitrogens with zero attached hydrogens (tertiary/aromatic N) is 6. The van der Waals surface area contributed by atoms with Crippen LogP contribution >= 0.6 is 11.6 Å². The molecule has 3 aromatic heterocycles. The van der Waals surface area contributed by atoms with Gasteiger partial charge in [-0.25, -0.2) is 17.9 Å². The molecule has 0 spiro atoms. The molecule has 0 amide bonds. The molecule has 4 aromatic rings. The minimum absolute atomic E-state index is 0.00128. The third kappa shape index (κ3) is 4.81. The zero-order valence-electron chi connectivity index (χ0n) is 20.3. The van der Waals surface area contributed by atoms with Gasteiger partial charge in [-0.3, -0.25) is 14.2 Å². The molecule has 1 saturated carbocycles. The molecule has 0 saturated heterocycles. The number of sulfone groups is 1. The van der Waals surface area contributed by atoms with Crippen molar-refractivity contribution in [3.05, 3.63) is 76.0 Å². The normalized spacial score (nSPS) is 13.6. The molecule has 37 heavy (non-hydrogen) atoms. The molecule has 3 heterocycles. The molecule has 0 bridgehead atoms. The van der Waals surface area contributed by atoms with Crippen molar-refractivity contribution in [2.75, 3.05) is 6.26 Å². The summed E-state index contributed by atoms with van der Waals surface area (Å²) in [6.45, 7) is 0.0424. The van der Waals surface area contributed by atoms with Crippen molar-refractivity contribution < 1.29 is 22.7 Å². The molecular formula is C24H23ClN6O5S. The van der Waals surface area contributed by atoms with Crippen LogP contribution in [0.25, 0.3) is 0 Å². The van der Waals surface area contributed by atoms with E-state index in [1.165, 1.54) is 38.6 Å². The van der Waals surface area contributed by atoms with Crippen LogP contribution in [0.4, 0.5) is 0 Å². The van der Waals surface area contributed by atoms with Crippen molar-refractivity contribution >= 4 is 33.2 Å². The Morgan fingerprint density at radius 2 is 1.95 bits per heavy atom. The van der Waals surface area contributed by atoms with Gasteiger partial charge < -0.3 is 4.74 Å². The molecule has 5 rings (SSSR count). The highest BCUT2D eigenvalue weighted by atomic mass is 35.5. The predicted molar refractivity (Wildman–Crippen MR) is 133 cm³/mol. The van der Waals surface area contributed by atoms with Gasteiger partial charge in [0.15, 0.2) is 9.84 Å². The van der Waals surface area contributed by atoms with Gasteiger partial charge >= 0.3 is 5.97 Å². The third-order valence-electron chi connectivity index (χ3n) is 6.07. The highest BCUT2D eigenvalue weighted by Crippen LogP contribution is 2.44. The van der Waals surface area contributed by atoms with Crippen molar-refractivity contribution in [1.82, 2.24) is 29.3 Å². The fraction of sp³-hybridized carbons (Fsp3) is 0.292. The summed E-state index contributed by atoms with van der Waals surface area (Å²) < 4.78 is 35.0. The predicted octanol–water partition coefficient (Wildman–Crippen LogP) is 2.78. The number of aromatic nitrogens is 6. The second kappa shape index (κ2) is 9.27. The van der Waals surface area contributed by atoms with Gasteiger partial charge in [-0.2, -0.15) is 15.3 Å². The van der Waals surface area contributed by atoms with Crippen LogP contribution in [0.15, 0.2) is 47.9 Å². The van der Waals surface area contributed by atoms with Crippen LogP contribution in [0.1, 0.15) is 56.3 Å². The molecule has 0 unspecified atom stereocenters. The Morgan fingerprint density at radius 3 is 2.54 bits per heavy atom. The SMILES string of the molecule is Cn1cc(C(=O)Oc2c(C(=O)c3ccc(S(C)(=O)=O)c(Cn4cccn4)c3Cl)c(C3CC3)nn2C)cn1. The monoisotopic (exact) mass is 542 g/mol. The van der Waals surface area contributed by atoms with E-state index < -0.39 is 21.6 Å². The highest BCUT2D eigenvalue weighted by Gasteiger charge is 2.37. The van der Waals surface area contributed by atoms with E-state index in [0.717, 1.165) is 19.1 Å². The first-order valence-electron chi connectivity index (χ1n) is 11.4. The standard InChI is InChI=1S/C24H23ClN6O5S/c1-29-12-15(11-27-29)24(33)36-23-19(21(14-5-6-14)28-30(23)2)22(32)16-7-8-18(37(3,34)35)17(20(16)25)13-31-10-4-9-26-31/h4,7-12,14H,5-6,13H2,1-3H3. The van der Waals surface area contributed by atoms with E-state index in [1.54, 1.807) is 32.6 Å². The van der Waals surface area contributed by atoms with E-state index >= 15 is 0 Å². The van der Waals surface area contributed by atoms with Crippen LogP contribution in [0, 0.1) is 0 Å². The lowest BCUT2D eigenvalue weighted by Crippen LogP contribution is -2.15. The summed E-state index contributed by atoms with van der Waals surface area (Å²) in [5.41, 5.74) is 1.17. The molecule has 192 valence electrons. The van der Waals surface area contributed by atoms with Gasteiger partial charge in [0, 0.05) is 56.0 Å². The Kier molecular flexibility index (Phi) is 6.24. The number of ether oxygens (including phenoxy) is 1. The summed E-state index contributed by atoms with van der Waals surface area (Å²) >= 11 is 6.72. The first-order chi connectivity index (χ1) is 17.5. The Morgan fingerprint density at radius 1 is 1.19 bits per heavy atom. The molecule has 0 N–H and O–H groups in total. The fourth-order valence-corrected chi connectivity index (χ4v) is 5.43. The maximum absolute atomic E-state index is 14.0. The molecule has 1 aliphatic rings. The first-order valence-corrected chi connectivity index (χ1v) is 13.6. The molecule has 0 atom stereocenters. The van der Waals surface area contributed by atoms with E-state index in [4.69, 9.17) is 16.3 Å². The van der Waals surface area contributed by atoms with E-state index in [9.17, 15) is 18.0 Å². The quantitative estimate of drug-likeness (QED) is 0.245. The molecule has 0 radical (unpaired) electrons. The van der Waals surface area contributed by atoms with Crippen molar-refractivity contribution in [1.29, 1.82) is 0 Å². The minimum Gasteiger partial charge on any atom is -0.403 e. The second-order valence-electron chi connectivity index (χ2n) is 8.96. The number of carbonyl (C=O) groups is 2. The Balaban J connectivity index is 1.61. The fourth-order valence-electron chi connectivity index (χ4n) is 4.14. The van der Waals surface area contributed by atoms with E-state index in [0.29, 0.717) is 5.69 Å². The van der Waals surface area contributed by atoms with Crippen LogP contribution < -0.4 is 4.74 Å². The zero-order chi connectivity index (χ0) is 26.5. The summed E-state index contributed by atoms with van der Waals surface area (Å²) in [6.07, 6.45) is 8.86. The smallest absolute Gasteiger partial charge is 0.348 e. The maximum Gasteiger partial charge on any atom is 0.348 e. The average Bonchev–Trinajstić information content (AvgIpc) is 3.20. The van der Waals surface area contributed by atoms with Gasteiger partial charge in [0.2, 0.25) is 11.7 Å². The van der Waals surface area contributed by atoms with Gasteiger partial charge in [0.25, 0.3) is 0 Å². The number of halogens is 1. The molecule has 1 aromatic carbocycles. The van der Waals surface area contributed by atoms with Crippen LogP contribution in [-0.2, 0) is 30.5 Å². The van der Waals surface area contributed by atoms with Gasteiger partial charge in [-0.15, -0.1) is 0 Å². The summed E-state index contributed by atoms with van der Waals surface area (Å²) in [5, 5.41) is 12.6. The lowest BCUT2D eigenvalue weighted by Gasteiger charge is -2.14. The Bertz CT molecular complexity index is 1630.